The normalized spacial score (nSPS) is 19.2. The van der Waals surface area contributed by atoms with Gasteiger partial charge in [-0.05, 0) is 71.9 Å². The SMILES string of the molecule is FC(F)(F)c1ccc(N2CCC(CC3=NCC(C4=Cc5cnccc5C4)=N3)CC2)cc1. The number of nitrogens with zero attached hydrogens (tertiary/aromatic N) is 4. The van der Waals surface area contributed by atoms with Gasteiger partial charge in [-0.1, -0.05) is 0 Å². The number of amidine groups is 1. The molecule has 4 nitrogen and oxygen atoms in total. The number of piperidine rings is 1. The molecule has 31 heavy (non-hydrogen) atoms. The molecule has 7 heteroatoms. The standard InChI is InChI=1S/C24H23F3N4/c25-24(26,27)20-1-3-21(4-2-20)31-9-6-16(7-10-31)11-23-29-15-22(30-23)18-12-17-5-8-28-14-19(17)13-18/h1-5,8,13-14,16H,6-7,9-12,15H2. The fourth-order valence-electron chi connectivity index (χ4n) is 4.55. The molecule has 0 saturated carbocycles. The van der Waals surface area contributed by atoms with Gasteiger partial charge in [-0.3, -0.25) is 9.98 Å². The smallest absolute Gasteiger partial charge is 0.372 e. The number of anilines is 1. The number of alkyl halides is 3. The van der Waals surface area contributed by atoms with Crippen LogP contribution in [0.2, 0.25) is 0 Å². The summed E-state index contributed by atoms with van der Waals surface area (Å²) in [5, 5.41) is 0. The second-order valence-corrected chi connectivity index (χ2v) is 8.39. The third-order valence-electron chi connectivity index (χ3n) is 6.35. The Kier molecular flexibility index (Phi) is 5.12. The van der Waals surface area contributed by atoms with Gasteiger partial charge >= 0.3 is 6.18 Å². The first-order valence-electron chi connectivity index (χ1n) is 10.6. The van der Waals surface area contributed by atoms with E-state index in [-0.39, 0.29) is 0 Å². The maximum atomic E-state index is 12.8. The second-order valence-electron chi connectivity index (χ2n) is 8.39. The largest absolute Gasteiger partial charge is 0.416 e. The Morgan fingerprint density at radius 2 is 1.81 bits per heavy atom. The van der Waals surface area contributed by atoms with Crippen LogP contribution in [-0.2, 0) is 12.6 Å². The molecule has 3 heterocycles. The number of fused-ring (bicyclic) bond motifs is 1. The number of pyridine rings is 1. The van der Waals surface area contributed by atoms with Gasteiger partial charge < -0.3 is 4.90 Å². The van der Waals surface area contributed by atoms with Crippen LogP contribution in [0.4, 0.5) is 18.9 Å². The summed E-state index contributed by atoms with van der Waals surface area (Å²) in [5.41, 5.74) is 5.01. The predicted molar refractivity (Wildman–Crippen MR) is 117 cm³/mol. The number of benzene rings is 1. The average Bonchev–Trinajstić information content (AvgIpc) is 3.40. The molecule has 1 fully saturated rings. The van der Waals surface area contributed by atoms with Crippen LogP contribution in [0.15, 0.2) is 58.3 Å². The summed E-state index contributed by atoms with van der Waals surface area (Å²) in [6.07, 6.45) is 5.34. The highest BCUT2D eigenvalue weighted by atomic mass is 19.4. The van der Waals surface area contributed by atoms with E-state index in [2.05, 4.69) is 27.0 Å². The van der Waals surface area contributed by atoms with Gasteiger partial charge in [0.05, 0.1) is 17.8 Å². The molecule has 2 aliphatic heterocycles. The van der Waals surface area contributed by atoms with E-state index in [0.29, 0.717) is 12.5 Å². The first-order chi connectivity index (χ1) is 15.0. The van der Waals surface area contributed by atoms with Gasteiger partial charge in [0, 0.05) is 44.0 Å². The van der Waals surface area contributed by atoms with Gasteiger partial charge in [-0.2, -0.15) is 13.2 Å². The molecule has 0 N–H and O–H groups in total. The Balaban J connectivity index is 1.15. The monoisotopic (exact) mass is 424 g/mol. The molecule has 1 aliphatic carbocycles. The predicted octanol–water partition coefficient (Wildman–Crippen LogP) is 5.20. The van der Waals surface area contributed by atoms with E-state index < -0.39 is 11.7 Å². The minimum absolute atomic E-state index is 0.506. The van der Waals surface area contributed by atoms with Crippen LogP contribution < -0.4 is 4.90 Å². The Morgan fingerprint density at radius 1 is 1.03 bits per heavy atom. The van der Waals surface area contributed by atoms with E-state index in [9.17, 15) is 13.2 Å². The number of aliphatic imine (C=N–C) groups is 2. The van der Waals surface area contributed by atoms with Crippen LogP contribution >= 0.6 is 0 Å². The lowest BCUT2D eigenvalue weighted by molar-refractivity contribution is -0.137. The molecule has 2 aromatic rings. The average molecular weight is 424 g/mol. The fraction of sp³-hybridized carbons (Fsp3) is 0.375. The lowest BCUT2D eigenvalue weighted by Crippen LogP contribution is -2.34. The maximum Gasteiger partial charge on any atom is 0.416 e. The van der Waals surface area contributed by atoms with Crippen molar-refractivity contribution in [3.63, 3.8) is 0 Å². The van der Waals surface area contributed by atoms with Crippen LogP contribution in [0.5, 0.6) is 0 Å². The summed E-state index contributed by atoms with van der Waals surface area (Å²) in [6, 6.07) is 7.53. The summed E-state index contributed by atoms with van der Waals surface area (Å²) < 4.78 is 38.3. The highest BCUT2D eigenvalue weighted by Crippen LogP contribution is 2.32. The zero-order valence-electron chi connectivity index (χ0n) is 17.1. The molecule has 1 aromatic carbocycles. The quantitative estimate of drug-likeness (QED) is 0.677. The molecule has 3 aliphatic rings. The number of rotatable bonds is 4. The second kappa shape index (κ2) is 7.94. The highest BCUT2D eigenvalue weighted by Gasteiger charge is 2.30. The molecule has 0 bridgehead atoms. The van der Waals surface area contributed by atoms with Crippen molar-refractivity contribution in [2.24, 2.45) is 15.9 Å². The molecule has 0 spiro atoms. The Hall–Kier alpha value is -2.96. The van der Waals surface area contributed by atoms with E-state index in [0.717, 1.165) is 68.1 Å². The van der Waals surface area contributed by atoms with Crippen molar-refractivity contribution in [2.75, 3.05) is 24.5 Å². The minimum atomic E-state index is -4.29. The molecule has 1 aromatic heterocycles. The molecule has 0 atom stereocenters. The van der Waals surface area contributed by atoms with Crippen molar-refractivity contribution >= 4 is 23.3 Å². The summed E-state index contributed by atoms with van der Waals surface area (Å²) in [6.45, 7) is 2.33. The van der Waals surface area contributed by atoms with Crippen LogP contribution in [0.25, 0.3) is 6.08 Å². The molecule has 1 saturated heterocycles. The molecule has 5 rings (SSSR count). The van der Waals surface area contributed by atoms with Crippen molar-refractivity contribution in [3.05, 3.63) is 65.0 Å². The molecule has 0 unspecified atom stereocenters. The van der Waals surface area contributed by atoms with E-state index in [1.54, 1.807) is 12.1 Å². The molecular formula is C24H23F3N4. The highest BCUT2D eigenvalue weighted by molar-refractivity contribution is 6.15. The van der Waals surface area contributed by atoms with Crippen molar-refractivity contribution < 1.29 is 13.2 Å². The lowest BCUT2D eigenvalue weighted by atomic mass is 9.92. The first-order valence-corrected chi connectivity index (χ1v) is 10.6. The Morgan fingerprint density at radius 3 is 2.52 bits per heavy atom. The van der Waals surface area contributed by atoms with E-state index >= 15 is 0 Å². The lowest BCUT2D eigenvalue weighted by Gasteiger charge is -2.33. The third-order valence-corrected chi connectivity index (χ3v) is 6.35. The molecule has 0 amide bonds. The van der Waals surface area contributed by atoms with Crippen molar-refractivity contribution in [2.45, 2.75) is 31.9 Å². The number of hydrogen-bond acceptors (Lipinski definition) is 4. The van der Waals surface area contributed by atoms with E-state index in [1.807, 2.05) is 12.4 Å². The number of hydrogen-bond donors (Lipinski definition) is 0. The summed E-state index contributed by atoms with van der Waals surface area (Å²) >= 11 is 0. The van der Waals surface area contributed by atoms with Gasteiger partial charge in [-0.15, -0.1) is 0 Å². The Bertz CT molecular complexity index is 1060. The van der Waals surface area contributed by atoms with Gasteiger partial charge in [0.25, 0.3) is 0 Å². The Labute approximate surface area is 179 Å². The van der Waals surface area contributed by atoms with Crippen LogP contribution in [0.1, 0.15) is 36.0 Å². The van der Waals surface area contributed by atoms with Gasteiger partial charge in [0.15, 0.2) is 0 Å². The van der Waals surface area contributed by atoms with Gasteiger partial charge in [0.2, 0.25) is 0 Å². The van der Waals surface area contributed by atoms with Crippen molar-refractivity contribution in [3.8, 4) is 0 Å². The fourth-order valence-corrected chi connectivity index (χ4v) is 4.55. The van der Waals surface area contributed by atoms with Gasteiger partial charge in [-0.25, -0.2) is 4.99 Å². The van der Waals surface area contributed by atoms with Crippen molar-refractivity contribution in [1.82, 2.24) is 4.98 Å². The third kappa shape index (κ3) is 4.27. The van der Waals surface area contributed by atoms with Gasteiger partial charge in [0.1, 0.15) is 5.84 Å². The summed E-state index contributed by atoms with van der Waals surface area (Å²) in [4.78, 5) is 15.8. The van der Waals surface area contributed by atoms with Crippen LogP contribution in [-0.4, -0.2) is 36.2 Å². The number of aromatic nitrogens is 1. The molecule has 0 radical (unpaired) electrons. The summed E-state index contributed by atoms with van der Waals surface area (Å²) in [7, 11) is 0. The zero-order valence-corrected chi connectivity index (χ0v) is 17.1. The topological polar surface area (TPSA) is 40.9 Å². The molecule has 160 valence electrons. The zero-order chi connectivity index (χ0) is 21.4. The maximum absolute atomic E-state index is 12.8. The summed E-state index contributed by atoms with van der Waals surface area (Å²) in [5.74, 6) is 1.43. The van der Waals surface area contributed by atoms with Crippen LogP contribution in [0.3, 0.4) is 0 Å². The van der Waals surface area contributed by atoms with E-state index in [4.69, 9.17) is 4.99 Å². The van der Waals surface area contributed by atoms with Crippen molar-refractivity contribution in [1.29, 1.82) is 0 Å². The van der Waals surface area contributed by atoms with Crippen LogP contribution in [0, 0.1) is 5.92 Å². The molecular weight excluding hydrogens is 401 g/mol. The first kappa shape index (κ1) is 20.0. The minimum Gasteiger partial charge on any atom is -0.372 e. The van der Waals surface area contributed by atoms with E-state index in [1.165, 1.54) is 16.7 Å². The number of halogens is 3.